The van der Waals surface area contributed by atoms with Gasteiger partial charge in [0.1, 0.15) is 5.75 Å². The van der Waals surface area contributed by atoms with E-state index >= 15 is 0 Å². The molecule has 3 rings (SSSR count). The van der Waals surface area contributed by atoms with E-state index in [0.717, 1.165) is 27.8 Å². The van der Waals surface area contributed by atoms with Crippen molar-refractivity contribution in [3.05, 3.63) is 89.5 Å². The summed E-state index contributed by atoms with van der Waals surface area (Å²) in [6.07, 6.45) is 0.226. The second-order valence-corrected chi connectivity index (χ2v) is 6.19. The Kier molecular flexibility index (Phi) is 5.66. The van der Waals surface area contributed by atoms with Crippen LogP contribution in [-0.2, 0) is 24.3 Å². The second-order valence-electron chi connectivity index (χ2n) is 6.19. The molecule has 0 unspecified atom stereocenters. The lowest BCUT2D eigenvalue weighted by atomic mass is 10.0. The summed E-state index contributed by atoms with van der Waals surface area (Å²) in [6.45, 7) is 0.979. The average Bonchev–Trinajstić information content (AvgIpc) is 2.67. The summed E-state index contributed by atoms with van der Waals surface area (Å²) in [4.78, 5) is 12.2. The summed E-state index contributed by atoms with van der Waals surface area (Å²) in [5.74, 6) is 0.0960. The Bertz CT molecular complexity index is 874. The Morgan fingerprint density at radius 1 is 0.885 bits per heavy atom. The fraction of sp³-hybridized carbons (Fsp3) is 0.136. The zero-order valence-electron chi connectivity index (χ0n) is 14.5. The van der Waals surface area contributed by atoms with Gasteiger partial charge in [-0.1, -0.05) is 66.7 Å². The van der Waals surface area contributed by atoms with Gasteiger partial charge in [0.25, 0.3) is 0 Å². The molecular formula is C22H22N2O2. The number of hydrogen-bond donors (Lipinski definition) is 3. The summed E-state index contributed by atoms with van der Waals surface area (Å²) >= 11 is 0. The fourth-order valence-electron chi connectivity index (χ4n) is 2.79. The summed E-state index contributed by atoms with van der Waals surface area (Å²) in [6, 6.07) is 22.9. The summed E-state index contributed by atoms with van der Waals surface area (Å²) in [5.41, 5.74) is 10.1. The van der Waals surface area contributed by atoms with Crippen molar-refractivity contribution in [2.75, 3.05) is 0 Å². The van der Waals surface area contributed by atoms with Gasteiger partial charge in [0.2, 0.25) is 5.91 Å². The normalized spacial score (nSPS) is 10.5. The molecule has 0 bridgehead atoms. The predicted octanol–water partition coefficient (Wildman–Crippen LogP) is 3.38. The molecule has 132 valence electrons. The van der Waals surface area contributed by atoms with Crippen LogP contribution in [0.15, 0.2) is 72.8 Å². The van der Waals surface area contributed by atoms with Crippen LogP contribution < -0.4 is 11.1 Å². The van der Waals surface area contributed by atoms with Crippen molar-refractivity contribution in [1.82, 2.24) is 5.32 Å². The number of aromatic hydroxyl groups is 1. The van der Waals surface area contributed by atoms with E-state index in [1.807, 2.05) is 66.7 Å². The predicted molar refractivity (Wildman–Crippen MR) is 103 cm³/mol. The largest absolute Gasteiger partial charge is 0.507 e. The Hall–Kier alpha value is -3.11. The molecule has 26 heavy (non-hydrogen) atoms. The minimum atomic E-state index is -0.0836. The molecule has 0 aliphatic heterocycles. The van der Waals surface area contributed by atoms with Crippen molar-refractivity contribution >= 4 is 5.91 Å². The van der Waals surface area contributed by atoms with Gasteiger partial charge in [-0.25, -0.2) is 0 Å². The van der Waals surface area contributed by atoms with Crippen LogP contribution in [0.1, 0.15) is 16.7 Å². The molecule has 0 fully saturated rings. The molecule has 0 aliphatic rings. The smallest absolute Gasteiger partial charge is 0.224 e. The van der Waals surface area contributed by atoms with Gasteiger partial charge in [0, 0.05) is 18.7 Å². The Morgan fingerprint density at radius 3 is 2.19 bits per heavy atom. The zero-order valence-corrected chi connectivity index (χ0v) is 14.5. The van der Waals surface area contributed by atoms with Crippen LogP contribution in [0.25, 0.3) is 11.1 Å². The van der Waals surface area contributed by atoms with Crippen LogP contribution in [0.2, 0.25) is 0 Å². The standard InChI is InChI=1S/C22H22N2O2/c23-14-16-6-8-17(9-7-16)15-24-22(26)13-18-10-11-20(21(25)12-18)19-4-2-1-3-5-19/h1-12,25H,13-15,23H2,(H,24,26). The lowest BCUT2D eigenvalue weighted by Crippen LogP contribution is -2.24. The number of hydrogen-bond acceptors (Lipinski definition) is 3. The molecule has 0 saturated heterocycles. The van der Waals surface area contributed by atoms with Gasteiger partial charge >= 0.3 is 0 Å². The molecule has 0 saturated carbocycles. The van der Waals surface area contributed by atoms with Gasteiger partial charge in [-0.3, -0.25) is 4.79 Å². The number of phenolic OH excluding ortho intramolecular Hbond substituents is 1. The molecule has 0 atom stereocenters. The molecule has 0 aliphatic carbocycles. The van der Waals surface area contributed by atoms with E-state index in [0.29, 0.717) is 13.1 Å². The van der Waals surface area contributed by atoms with Crippen molar-refractivity contribution in [1.29, 1.82) is 0 Å². The third-order valence-electron chi connectivity index (χ3n) is 4.26. The van der Waals surface area contributed by atoms with Crippen molar-refractivity contribution in [3.8, 4) is 16.9 Å². The van der Waals surface area contributed by atoms with Gasteiger partial charge in [-0.15, -0.1) is 0 Å². The van der Waals surface area contributed by atoms with Crippen molar-refractivity contribution in [3.63, 3.8) is 0 Å². The number of carbonyl (C=O) groups is 1. The van der Waals surface area contributed by atoms with E-state index in [4.69, 9.17) is 5.73 Å². The Morgan fingerprint density at radius 2 is 1.54 bits per heavy atom. The van der Waals surface area contributed by atoms with Crippen LogP contribution >= 0.6 is 0 Å². The number of amides is 1. The fourth-order valence-corrected chi connectivity index (χ4v) is 2.79. The van der Waals surface area contributed by atoms with Gasteiger partial charge in [-0.05, 0) is 28.3 Å². The van der Waals surface area contributed by atoms with Crippen molar-refractivity contribution in [2.24, 2.45) is 5.73 Å². The maximum Gasteiger partial charge on any atom is 0.224 e. The highest BCUT2D eigenvalue weighted by Crippen LogP contribution is 2.29. The first kappa shape index (κ1) is 17.7. The van der Waals surface area contributed by atoms with Crippen LogP contribution in [-0.4, -0.2) is 11.0 Å². The molecule has 4 heteroatoms. The minimum Gasteiger partial charge on any atom is -0.507 e. The van der Waals surface area contributed by atoms with Crippen LogP contribution in [0.4, 0.5) is 0 Å². The summed E-state index contributed by atoms with van der Waals surface area (Å²) in [5, 5.41) is 13.2. The maximum absolute atomic E-state index is 12.2. The third-order valence-corrected chi connectivity index (χ3v) is 4.26. The number of nitrogens with two attached hydrogens (primary N) is 1. The molecule has 3 aromatic carbocycles. The van der Waals surface area contributed by atoms with E-state index in [1.54, 1.807) is 6.07 Å². The topological polar surface area (TPSA) is 75.3 Å². The van der Waals surface area contributed by atoms with E-state index < -0.39 is 0 Å². The minimum absolute atomic E-state index is 0.0836. The molecule has 3 aromatic rings. The number of phenols is 1. The Balaban J connectivity index is 1.59. The zero-order chi connectivity index (χ0) is 18.4. The lowest BCUT2D eigenvalue weighted by molar-refractivity contribution is -0.120. The number of rotatable bonds is 6. The average molecular weight is 346 g/mol. The highest BCUT2D eigenvalue weighted by atomic mass is 16.3. The first-order chi connectivity index (χ1) is 12.7. The van der Waals surface area contributed by atoms with Crippen LogP contribution in [0.3, 0.4) is 0 Å². The van der Waals surface area contributed by atoms with Crippen LogP contribution in [0, 0.1) is 0 Å². The van der Waals surface area contributed by atoms with Gasteiger partial charge in [0.15, 0.2) is 0 Å². The second kappa shape index (κ2) is 8.32. The first-order valence-electron chi connectivity index (χ1n) is 8.57. The van der Waals surface area contributed by atoms with Gasteiger partial charge < -0.3 is 16.2 Å². The van der Waals surface area contributed by atoms with E-state index in [9.17, 15) is 9.90 Å². The summed E-state index contributed by atoms with van der Waals surface area (Å²) in [7, 11) is 0. The molecule has 4 N–H and O–H groups in total. The lowest BCUT2D eigenvalue weighted by Gasteiger charge is -2.09. The molecule has 0 spiro atoms. The number of nitrogens with one attached hydrogen (secondary N) is 1. The molecule has 4 nitrogen and oxygen atoms in total. The SMILES string of the molecule is NCc1ccc(CNC(=O)Cc2ccc(-c3ccccc3)c(O)c2)cc1. The highest BCUT2D eigenvalue weighted by molar-refractivity contribution is 5.79. The number of carbonyl (C=O) groups excluding carboxylic acids is 1. The molecular weight excluding hydrogens is 324 g/mol. The molecule has 1 amide bonds. The van der Waals surface area contributed by atoms with Crippen molar-refractivity contribution < 1.29 is 9.90 Å². The van der Waals surface area contributed by atoms with Gasteiger partial charge in [0.05, 0.1) is 6.42 Å². The van der Waals surface area contributed by atoms with E-state index in [-0.39, 0.29) is 18.1 Å². The first-order valence-corrected chi connectivity index (χ1v) is 8.57. The molecule has 0 radical (unpaired) electrons. The number of benzene rings is 3. The van der Waals surface area contributed by atoms with E-state index in [2.05, 4.69) is 5.32 Å². The Labute approximate surface area is 153 Å². The monoisotopic (exact) mass is 346 g/mol. The van der Waals surface area contributed by atoms with Crippen LogP contribution in [0.5, 0.6) is 5.75 Å². The van der Waals surface area contributed by atoms with Gasteiger partial charge in [-0.2, -0.15) is 0 Å². The molecule has 0 heterocycles. The summed E-state index contributed by atoms with van der Waals surface area (Å²) < 4.78 is 0. The highest BCUT2D eigenvalue weighted by Gasteiger charge is 2.08. The molecule has 0 aromatic heterocycles. The van der Waals surface area contributed by atoms with Crippen molar-refractivity contribution in [2.45, 2.75) is 19.5 Å². The van der Waals surface area contributed by atoms with E-state index in [1.165, 1.54) is 0 Å². The maximum atomic E-state index is 12.2. The third kappa shape index (κ3) is 4.49. The quantitative estimate of drug-likeness (QED) is 0.640.